The second kappa shape index (κ2) is 11.3. The zero-order valence-electron chi connectivity index (χ0n) is 19.8. The Morgan fingerprint density at radius 3 is 2.57 bits per heavy atom. The number of para-hydroxylation sites is 2. The van der Waals surface area contributed by atoms with Gasteiger partial charge in [0.1, 0.15) is 18.1 Å². The number of fused-ring (bicyclic) bond motifs is 1. The Labute approximate surface area is 203 Å². The van der Waals surface area contributed by atoms with E-state index in [4.69, 9.17) is 4.74 Å². The molecular weight excluding hydrogens is 444 g/mol. The van der Waals surface area contributed by atoms with E-state index in [1.165, 1.54) is 0 Å². The standard InChI is InChI=1S/C26H28N6O3/c1-3-19-8-4-6-10-22(19)32(24(33)18-31-23-11-7-5-9-21(23)29-30-31)25(20-12-14-27-15-13-20)26(34)28-16-17-35-2/h4-15,25H,3,16-18H2,1-2H3,(H,28,34)/t25-/m1/s1. The third kappa shape index (κ3) is 5.36. The minimum atomic E-state index is -0.912. The fraction of sp³-hybridized carbons (Fsp3) is 0.269. The maximum Gasteiger partial charge on any atom is 0.249 e. The van der Waals surface area contributed by atoms with Gasteiger partial charge in [-0.25, -0.2) is 4.68 Å². The van der Waals surface area contributed by atoms with E-state index >= 15 is 0 Å². The smallest absolute Gasteiger partial charge is 0.249 e. The summed E-state index contributed by atoms with van der Waals surface area (Å²) in [5.41, 5.74) is 3.72. The zero-order valence-corrected chi connectivity index (χ0v) is 19.8. The van der Waals surface area contributed by atoms with Crippen LogP contribution in [0.25, 0.3) is 11.0 Å². The first-order valence-electron chi connectivity index (χ1n) is 11.5. The van der Waals surface area contributed by atoms with Gasteiger partial charge in [-0.1, -0.05) is 42.5 Å². The minimum Gasteiger partial charge on any atom is -0.383 e. The number of hydrogen-bond acceptors (Lipinski definition) is 6. The summed E-state index contributed by atoms with van der Waals surface area (Å²) in [4.78, 5) is 33.2. The van der Waals surface area contributed by atoms with E-state index < -0.39 is 6.04 Å². The highest BCUT2D eigenvalue weighted by molar-refractivity contribution is 6.02. The van der Waals surface area contributed by atoms with Gasteiger partial charge in [0, 0.05) is 31.7 Å². The second-order valence-electron chi connectivity index (χ2n) is 7.95. The van der Waals surface area contributed by atoms with Crippen molar-refractivity contribution in [2.24, 2.45) is 0 Å². The van der Waals surface area contributed by atoms with Crippen molar-refractivity contribution in [3.63, 3.8) is 0 Å². The highest BCUT2D eigenvalue weighted by Crippen LogP contribution is 2.31. The van der Waals surface area contributed by atoms with E-state index in [9.17, 15) is 9.59 Å². The van der Waals surface area contributed by atoms with Crippen LogP contribution in [0, 0.1) is 0 Å². The first-order valence-corrected chi connectivity index (χ1v) is 11.5. The molecule has 2 aromatic heterocycles. The lowest BCUT2D eigenvalue weighted by atomic mass is 10.0. The first-order chi connectivity index (χ1) is 17.1. The number of pyridine rings is 1. The number of nitrogens with one attached hydrogen (secondary N) is 1. The second-order valence-corrected chi connectivity index (χ2v) is 7.95. The molecule has 0 saturated carbocycles. The van der Waals surface area contributed by atoms with Gasteiger partial charge >= 0.3 is 0 Å². The number of carbonyl (C=O) groups is 2. The third-order valence-electron chi connectivity index (χ3n) is 5.74. The van der Waals surface area contributed by atoms with Crippen molar-refractivity contribution in [2.75, 3.05) is 25.2 Å². The molecule has 0 saturated heterocycles. The van der Waals surface area contributed by atoms with E-state index in [0.717, 1.165) is 11.1 Å². The van der Waals surface area contributed by atoms with Gasteiger partial charge in [0.2, 0.25) is 11.8 Å². The topological polar surface area (TPSA) is 102 Å². The quantitative estimate of drug-likeness (QED) is 0.356. The molecule has 9 nitrogen and oxygen atoms in total. The van der Waals surface area contributed by atoms with Crippen molar-refractivity contribution in [1.29, 1.82) is 0 Å². The van der Waals surface area contributed by atoms with Crippen molar-refractivity contribution in [2.45, 2.75) is 25.9 Å². The molecule has 0 aliphatic carbocycles. The van der Waals surface area contributed by atoms with Crippen molar-refractivity contribution in [1.82, 2.24) is 25.3 Å². The number of benzene rings is 2. The molecule has 1 N–H and O–H groups in total. The van der Waals surface area contributed by atoms with Crippen LogP contribution in [0.5, 0.6) is 0 Å². The van der Waals surface area contributed by atoms with E-state index in [2.05, 4.69) is 20.6 Å². The van der Waals surface area contributed by atoms with Crippen molar-refractivity contribution in [3.05, 3.63) is 84.2 Å². The van der Waals surface area contributed by atoms with E-state index in [0.29, 0.717) is 36.3 Å². The number of aromatic nitrogens is 4. The Morgan fingerprint density at radius 1 is 1.06 bits per heavy atom. The summed E-state index contributed by atoms with van der Waals surface area (Å²) in [6.07, 6.45) is 3.93. The van der Waals surface area contributed by atoms with Gasteiger partial charge < -0.3 is 10.1 Å². The van der Waals surface area contributed by atoms with Crippen LogP contribution in [0.1, 0.15) is 24.1 Å². The van der Waals surface area contributed by atoms with E-state index in [1.807, 2.05) is 55.5 Å². The molecule has 2 heterocycles. The summed E-state index contributed by atoms with van der Waals surface area (Å²) in [5.74, 6) is -0.596. The normalized spacial score (nSPS) is 11.8. The monoisotopic (exact) mass is 472 g/mol. The van der Waals surface area contributed by atoms with E-state index in [1.54, 1.807) is 41.2 Å². The summed E-state index contributed by atoms with van der Waals surface area (Å²) in [6, 6.07) is 17.7. The Morgan fingerprint density at radius 2 is 1.80 bits per heavy atom. The number of aryl methyl sites for hydroxylation is 1. The first kappa shape index (κ1) is 24.0. The maximum absolute atomic E-state index is 14.0. The summed E-state index contributed by atoms with van der Waals surface area (Å²) in [7, 11) is 1.57. The Balaban J connectivity index is 1.79. The number of anilines is 1. The summed E-state index contributed by atoms with van der Waals surface area (Å²) in [6.45, 7) is 2.62. The van der Waals surface area contributed by atoms with Gasteiger partial charge in [-0.3, -0.25) is 19.5 Å². The molecule has 35 heavy (non-hydrogen) atoms. The molecule has 1 atom stereocenters. The summed E-state index contributed by atoms with van der Waals surface area (Å²) in [5, 5.41) is 11.3. The van der Waals surface area contributed by atoms with Crippen LogP contribution in [-0.4, -0.2) is 52.1 Å². The van der Waals surface area contributed by atoms with Gasteiger partial charge in [0.05, 0.1) is 12.1 Å². The van der Waals surface area contributed by atoms with E-state index in [-0.39, 0.29) is 18.4 Å². The van der Waals surface area contributed by atoms with Crippen LogP contribution in [-0.2, 0) is 27.3 Å². The number of carbonyl (C=O) groups excluding carboxylic acids is 2. The molecule has 0 bridgehead atoms. The number of nitrogens with zero attached hydrogens (tertiary/aromatic N) is 5. The molecule has 2 aromatic carbocycles. The molecule has 0 radical (unpaired) electrons. The van der Waals surface area contributed by atoms with Crippen LogP contribution >= 0.6 is 0 Å². The molecule has 0 aliphatic rings. The lowest BCUT2D eigenvalue weighted by Crippen LogP contribution is -2.46. The fourth-order valence-corrected chi connectivity index (χ4v) is 4.04. The van der Waals surface area contributed by atoms with Crippen LogP contribution < -0.4 is 10.2 Å². The molecule has 180 valence electrons. The number of hydrogen-bond donors (Lipinski definition) is 1. The molecule has 0 aliphatic heterocycles. The highest BCUT2D eigenvalue weighted by atomic mass is 16.5. The van der Waals surface area contributed by atoms with Crippen molar-refractivity contribution < 1.29 is 14.3 Å². The average Bonchev–Trinajstić information content (AvgIpc) is 3.30. The third-order valence-corrected chi connectivity index (χ3v) is 5.74. The van der Waals surface area contributed by atoms with Gasteiger partial charge in [-0.15, -0.1) is 5.10 Å². The number of rotatable bonds is 10. The molecule has 0 spiro atoms. The molecular formula is C26H28N6O3. The van der Waals surface area contributed by atoms with Crippen LogP contribution in [0.15, 0.2) is 73.1 Å². The lowest BCUT2D eigenvalue weighted by molar-refractivity contribution is -0.127. The maximum atomic E-state index is 14.0. The van der Waals surface area contributed by atoms with Crippen LogP contribution in [0.3, 0.4) is 0 Å². The number of methoxy groups -OCH3 is 1. The lowest BCUT2D eigenvalue weighted by Gasteiger charge is -2.33. The fourth-order valence-electron chi connectivity index (χ4n) is 4.04. The van der Waals surface area contributed by atoms with Crippen molar-refractivity contribution in [3.8, 4) is 0 Å². The minimum absolute atomic E-state index is 0.0779. The van der Waals surface area contributed by atoms with Crippen LogP contribution in [0.2, 0.25) is 0 Å². The zero-order chi connectivity index (χ0) is 24.6. The summed E-state index contributed by atoms with van der Waals surface area (Å²) >= 11 is 0. The Hall–Kier alpha value is -4.11. The SMILES string of the molecule is CCc1ccccc1N(C(=O)Cn1nnc2ccccc21)[C@@H](C(=O)NCCOC)c1ccncc1. The molecule has 4 rings (SSSR count). The van der Waals surface area contributed by atoms with Gasteiger partial charge in [-0.2, -0.15) is 0 Å². The number of ether oxygens (including phenoxy) is 1. The number of amides is 2. The Kier molecular flexibility index (Phi) is 7.79. The Bertz CT molecular complexity index is 1290. The van der Waals surface area contributed by atoms with Gasteiger partial charge in [0.15, 0.2) is 0 Å². The highest BCUT2D eigenvalue weighted by Gasteiger charge is 2.34. The van der Waals surface area contributed by atoms with Crippen molar-refractivity contribution >= 4 is 28.5 Å². The van der Waals surface area contributed by atoms with Crippen LogP contribution in [0.4, 0.5) is 5.69 Å². The predicted molar refractivity (Wildman–Crippen MR) is 133 cm³/mol. The largest absolute Gasteiger partial charge is 0.383 e. The molecule has 4 aromatic rings. The molecule has 0 unspecified atom stereocenters. The molecule has 0 fully saturated rings. The molecule has 9 heteroatoms. The summed E-state index contributed by atoms with van der Waals surface area (Å²) < 4.78 is 6.66. The average molecular weight is 473 g/mol. The predicted octanol–water partition coefficient (Wildman–Crippen LogP) is 2.93. The van der Waals surface area contributed by atoms with Gasteiger partial charge in [-0.05, 0) is 47.9 Å². The molecule has 2 amide bonds. The van der Waals surface area contributed by atoms with Gasteiger partial charge in [0.25, 0.3) is 0 Å².